The van der Waals surface area contributed by atoms with Crippen molar-refractivity contribution >= 4 is 22.4 Å². The Balaban J connectivity index is 0.00000256. The summed E-state index contributed by atoms with van der Waals surface area (Å²) >= 11 is 0. The molecule has 0 spiro atoms. The Bertz CT molecular complexity index is 279. The van der Waals surface area contributed by atoms with Crippen LogP contribution in [0, 0.1) is 0 Å². The summed E-state index contributed by atoms with van der Waals surface area (Å²) in [5.74, 6) is 0.0545. The van der Waals surface area contributed by atoms with Crippen LogP contribution in [0.4, 0.5) is 0 Å². The Morgan fingerprint density at radius 2 is 2.24 bits per heavy atom. The van der Waals surface area contributed by atoms with E-state index in [4.69, 9.17) is 4.74 Å². The molecule has 1 heterocycles. The van der Waals surface area contributed by atoms with Gasteiger partial charge in [-0.15, -0.1) is 12.4 Å². The molecule has 0 saturated carbocycles. The van der Waals surface area contributed by atoms with E-state index in [2.05, 4.69) is 10.0 Å². The summed E-state index contributed by atoms with van der Waals surface area (Å²) in [7, 11) is -3.15. The van der Waals surface area contributed by atoms with Crippen LogP contribution in [-0.4, -0.2) is 46.5 Å². The zero-order valence-electron chi connectivity index (χ0n) is 10.3. The molecule has 1 aliphatic rings. The first kappa shape index (κ1) is 17.1. The van der Waals surface area contributed by atoms with Gasteiger partial charge in [-0.05, 0) is 32.7 Å². The van der Waals surface area contributed by atoms with E-state index in [1.807, 2.05) is 6.92 Å². The highest BCUT2D eigenvalue weighted by molar-refractivity contribution is 7.89. The quantitative estimate of drug-likeness (QED) is 0.638. The molecular formula is C10H23ClN2O3S. The second kappa shape index (κ2) is 9.10. The molecule has 0 aromatic rings. The fraction of sp³-hybridized carbons (Fsp3) is 1.00. The molecule has 0 aliphatic carbocycles. The van der Waals surface area contributed by atoms with Gasteiger partial charge in [0.1, 0.15) is 0 Å². The van der Waals surface area contributed by atoms with Gasteiger partial charge in [0.2, 0.25) is 10.0 Å². The van der Waals surface area contributed by atoms with Crippen molar-refractivity contribution in [2.45, 2.75) is 32.2 Å². The zero-order valence-corrected chi connectivity index (χ0v) is 11.9. The Hall–Kier alpha value is 0.120. The van der Waals surface area contributed by atoms with Gasteiger partial charge in [0.15, 0.2) is 0 Å². The highest BCUT2D eigenvalue weighted by Crippen LogP contribution is 2.07. The van der Waals surface area contributed by atoms with Crippen molar-refractivity contribution in [1.29, 1.82) is 0 Å². The molecule has 1 atom stereocenters. The van der Waals surface area contributed by atoms with Crippen molar-refractivity contribution in [2.24, 2.45) is 0 Å². The van der Waals surface area contributed by atoms with Crippen LogP contribution in [0.2, 0.25) is 0 Å². The van der Waals surface area contributed by atoms with Crippen LogP contribution in [0.5, 0.6) is 0 Å². The predicted molar refractivity (Wildman–Crippen MR) is 71.2 cm³/mol. The second-order valence-electron chi connectivity index (χ2n) is 3.99. The van der Waals surface area contributed by atoms with E-state index in [1.165, 1.54) is 6.42 Å². The first-order valence-electron chi connectivity index (χ1n) is 5.92. The molecule has 0 amide bonds. The van der Waals surface area contributed by atoms with Crippen molar-refractivity contribution in [3.8, 4) is 0 Å². The summed E-state index contributed by atoms with van der Waals surface area (Å²) in [6.45, 7) is 4.26. The number of nitrogens with one attached hydrogen (secondary N) is 2. The number of rotatable bonds is 8. The molecule has 1 aliphatic heterocycles. The summed E-state index contributed by atoms with van der Waals surface area (Å²) in [5, 5.41) is 3.34. The molecule has 104 valence electrons. The fourth-order valence-corrected chi connectivity index (χ4v) is 2.69. The maximum atomic E-state index is 11.5. The number of ether oxygens (including phenoxy) is 1. The lowest BCUT2D eigenvalue weighted by Gasteiger charge is -2.11. The SMILES string of the molecule is CCOCCS(=O)(=O)NCC[C@H]1CCCN1.Cl. The van der Waals surface area contributed by atoms with Gasteiger partial charge >= 0.3 is 0 Å². The lowest BCUT2D eigenvalue weighted by Crippen LogP contribution is -2.33. The van der Waals surface area contributed by atoms with Gasteiger partial charge in [0, 0.05) is 19.2 Å². The predicted octanol–water partition coefficient (Wildman–Crippen LogP) is 0.506. The van der Waals surface area contributed by atoms with Crippen LogP contribution < -0.4 is 10.0 Å². The van der Waals surface area contributed by atoms with E-state index in [9.17, 15) is 8.42 Å². The van der Waals surface area contributed by atoms with Crippen molar-refractivity contribution in [3.63, 3.8) is 0 Å². The normalized spacial score (nSPS) is 20.2. The molecule has 1 rings (SSSR count). The number of halogens is 1. The van der Waals surface area contributed by atoms with E-state index in [-0.39, 0.29) is 24.8 Å². The molecule has 1 fully saturated rings. The third-order valence-corrected chi connectivity index (χ3v) is 4.03. The molecule has 5 nitrogen and oxygen atoms in total. The Morgan fingerprint density at radius 3 is 2.82 bits per heavy atom. The Labute approximate surface area is 110 Å². The first-order valence-corrected chi connectivity index (χ1v) is 7.58. The van der Waals surface area contributed by atoms with E-state index in [1.54, 1.807) is 0 Å². The summed E-state index contributed by atoms with van der Waals surface area (Å²) in [6.07, 6.45) is 3.22. The first-order chi connectivity index (χ1) is 7.64. The van der Waals surface area contributed by atoms with Gasteiger partial charge in [-0.1, -0.05) is 0 Å². The maximum absolute atomic E-state index is 11.5. The van der Waals surface area contributed by atoms with Crippen molar-refractivity contribution < 1.29 is 13.2 Å². The topological polar surface area (TPSA) is 67.4 Å². The minimum Gasteiger partial charge on any atom is -0.381 e. The van der Waals surface area contributed by atoms with Crippen LogP contribution in [0.1, 0.15) is 26.2 Å². The summed E-state index contributed by atoms with van der Waals surface area (Å²) in [5.41, 5.74) is 0. The van der Waals surface area contributed by atoms with Crippen LogP contribution in [0.15, 0.2) is 0 Å². The molecular weight excluding hydrogens is 264 g/mol. The van der Waals surface area contributed by atoms with Crippen molar-refractivity contribution in [1.82, 2.24) is 10.0 Å². The van der Waals surface area contributed by atoms with Crippen molar-refractivity contribution in [3.05, 3.63) is 0 Å². The molecule has 1 saturated heterocycles. The van der Waals surface area contributed by atoms with Crippen molar-refractivity contribution in [2.75, 3.05) is 32.1 Å². The molecule has 17 heavy (non-hydrogen) atoms. The van der Waals surface area contributed by atoms with E-state index in [0.717, 1.165) is 19.4 Å². The van der Waals surface area contributed by atoms with Gasteiger partial charge in [-0.25, -0.2) is 13.1 Å². The zero-order chi connectivity index (χ0) is 11.9. The van der Waals surface area contributed by atoms with Gasteiger partial charge in [-0.3, -0.25) is 0 Å². The average molecular weight is 287 g/mol. The van der Waals surface area contributed by atoms with Gasteiger partial charge in [-0.2, -0.15) is 0 Å². The minimum absolute atomic E-state index is 0. The largest absolute Gasteiger partial charge is 0.381 e. The summed E-state index contributed by atoms with van der Waals surface area (Å²) < 4.78 is 30.5. The fourth-order valence-electron chi connectivity index (χ4n) is 1.78. The van der Waals surface area contributed by atoms with Crippen LogP contribution >= 0.6 is 12.4 Å². The second-order valence-corrected chi connectivity index (χ2v) is 5.92. The van der Waals surface area contributed by atoms with E-state index in [0.29, 0.717) is 19.2 Å². The van der Waals surface area contributed by atoms with Gasteiger partial charge < -0.3 is 10.1 Å². The molecule has 0 radical (unpaired) electrons. The van der Waals surface area contributed by atoms with E-state index >= 15 is 0 Å². The average Bonchev–Trinajstić information content (AvgIpc) is 2.70. The smallest absolute Gasteiger partial charge is 0.213 e. The van der Waals surface area contributed by atoms with Gasteiger partial charge in [0.25, 0.3) is 0 Å². The number of hydrogen-bond acceptors (Lipinski definition) is 4. The third kappa shape index (κ3) is 7.94. The summed E-state index contributed by atoms with van der Waals surface area (Å²) in [4.78, 5) is 0. The van der Waals surface area contributed by atoms with Crippen LogP contribution in [0.3, 0.4) is 0 Å². The molecule has 0 unspecified atom stereocenters. The summed E-state index contributed by atoms with van der Waals surface area (Å²) in [6, 6.07) is 0.481. The Kier molecular flexibility index (Phi) is 9.17. The minimum atomic E-state index is -3.15. The molecule has 0 aromatic heterocycles. The Morgan fingerprint density at radius 1 is 1.47 bits per heavy atom. The molecule has 2 N–H and O–H groups in total. The number of sulfonamides is 1. The third-order valence-electron chi connectivity index (χ3n) is 2.68. The standard InChI is InChI=1S/C10H22N2O3S.ClH/c1-2-15-8-9-16(13,14)12-7-5-10-4-3-6-11-10;/h10-12H,2-9H2,1H3;1H/t10-;/m1./s1. The van der Waals surface area contributed by atoms with Crippen LogP contribution in [0.25, 0.3) is 0 Å². The maximum Gasteiger partial charge on any atom is 0.213 e. The lowest BCUT2D eigenvalue weighted by atomic mass is 10.2. The highest BCUT2D eigenvalue weighted by atomic mass is 35.5. The monoisotopic (exact) mass is 286 g/mol. The molecule has 0 bridgehead atoms. The van der Waals surface area contributed by atoms with Crippen LogP contribution in [-0.2, 0) is 14.8 Å². The molecule has 0 aromatic carbocycles. The molecule has 7 heteroatoms. The highest BCUT2D eigenvalue weighted by Gasteiger charge is 2.15. The van der Waals surface area contributed by atoms with E-state index < -0.39 is 10.0 Å². The lowest BCUT2D eigenvalue weighted by molar-refractivity contribution is 0.163. The van der Waals surface area contributed by atoms with Gasteiger partial charge in [0.05, 0.1) is 12.4 Å². The number of hydrogen-bond donors (Lipinski definition) is 2.